The zero-order valence-corrected chi connectivity index (χ0v) is 16.2. The molecule has 1 aliphatic heterocycles. The fourth-order valence-corrected chi connectivity index (χ4v) is 3.98. The van der Waals surface area contributed by atoms with Crippen molar-refractivity contribution in [2.45, 2.75) is 32.0 Å². The number of aryl methyl sites for hydroxylation is 1. The number of rotatable bonds is 6. The van der Waals surface area contributed by atoms with Gasteiger partial charge in [-0.2, -0.15) is 0 Å². The van der Waals surface area contributed by atoms with Gasteiger partial charge in [0.05, 0.1) is 29.7 Å². The first kappa shape index (κ1) is 19.4. The van der Waals surface area contributed by atoms with E-state index >= 15 is 0 Å². The Kier molecular flexibility index (Phi) is 5.46. The molecule has 0 spiro atoms. The number of nitro groups is 1. The average molecular weight is 397 g/mol. The second-order valence-electron chi connectivity index (χ2n) is 7.33. The van der Waals surface area contributed by atoms with Crippen molar-refractivity contribution < 1.29 is 14.1 Å². The van der Waals surface area contributed by atoms with Crippen LogP contribution in [0.4, 0.5) is 5.69 Å². The number of nitrogens with zero attached hydrogens (tertiary/aromatic N) is 3. The summed E-state index contributed by atoms with van der Waals surface area (Å²) >= 11 is 0. The van der Waals surface area contributed by atoms with Gasteiger partial charge in [0.25, 0.3) is 5.69 Å². The number of hydrogen-bond acceptors (Lipinski definition) is 6. The van der Waals surface area contributed by atoms with Gasteiger partial charge in [-0.3, -0.25) is 19.6 Å². The molecule has 2 aromatic carbocycles. The van der Waals surface area contributed by atoms with E-state index in [1.54, 1.807) is 0 Å². The van der Waals surface area contributed by atoms with Crippen LogP contribution in [-0.2, 0) is 11.3 Å². The largest absolute Gasteiger partial charge is 0.419 e. The van der Waals surface area contributed by atoms with Crippen molar-refractivity contribution in [2.24, 2.45) is 0 Å². The summed E-state index contributed by atoms with van der Waals surface area (Å²) in [4.78, 5) is 25.2. The summed E-state index contributed by atoms with van der Waals surface area (Å²) in [5.74, 6) is -0.491. The lowest BCUT2D eigenvalue weighted by Crippen LogP contribution is -2.46. The zero-order valence-electron chi connectivity index (χ0n) is 16.2. The first-order valence-corrected chi connectivity index (χ1v) is 9.71. The average Bonchev–Trinajstić information content (AvgIpc) is 3.04. The van der Waals surface area contributed by atoms with Gasteiger partial charge in [0.1, 0.15) is 0 Å². The molecule has 1 aliphatic rings. The van der Waals surface area contributed by atoms with Gasteiger partial charge in [0, 0.05) is 31.3 Å². The standard InChI is InChI=1S/C21H23N3O5/c1-15-13-28-14-19(16-6-3-2-4-7-16)22(15)10-5-11-23-18-12-17(24(26)27)8-9-20(18)29-21(23)25/h2-4,6-9,12,15,19H,5,10-11,13-14H2,1H3/t15-,19+/m1/s1. The van der Waals surface area contributed by atoms with E-state index in [-0.39, 0.29) is 17.8 Å². The number of benzene rings is 2. The third-order valence-electron chi connectivity index (χ3n) is 5.45. The van der Waals surface area contributed by atoms with E-state index in [1.165, 1.54) is 28.3 Å². The Labute approximate surface area is 167 Å². The first-order chi connectivity index (χ1) is 14.0. The topological polar surface area (TPSA) is 90.8 Å². The van der Waals surface area contributed by atoms with Gasteiger partial charge in [0.2, 0.25) is 0 Å². The number of non-ortho nitro benzene ring substituents is 1. The van der Waals surface area contributed by atoms with Crippen LogP contribution in [0, 0.1) is 10.1 Å². The molecule has 1 aromatic heterocycles. The van der Waals surface area contributed by atoms with Crippen LogP contribution >= 0.6 is 0 Å². The Hall–Kier alpha value is -2.97. The third-order valence-corrected chi connectivity index (χ3v) is 5.45. The molecule has 4 rings (SSSR count). The molecular formula is C21H23N3O5. The fraction of sp³-hybridized carbons (Fsp3) is 0.381. The molecule has 1 saturated heterocycles. The minimum absolute atomic E-state index is 0.0574. The van der Waals surface area contributed by atoms with Gasteiger partial charge in [-0.1, -0.05) is 30.3 Å². The fourth-order valence-electron chi connectivity index (χ4n) is 3.98. The lowest BCUT2D eigenvalue weighted by molar-refractivity contribution is -0.384. The van der Waals surface area contributed by atoms with Crippen molar-refractivity contribution in [2.75, 3.05) is 19.8 Å². The molecule has 8 nitrogen and oxygen atoms in total. The smallest absolute Gasteiger partial charge is 0.408 e. The second kappa shape index (κ2) is 8.18. The van der Waals surface area contributed by atoms with E-state index in [0.29, 0.717) is 37.3 Å². The maximum Gasteiger partial charge on any atom is 0.419 e. The molecule has 0 N–H and O–H groups in total. The van der Waals surface area contributed by atoms with Crippen LogP contribution < -0.4 is 5.76 Å². The molecule has 0 aliphatic carbocycles. The predicted octanol–water partition coefficient (Wildman–Crippen LogP) is 3.35. The summed E-state index contributed by atoms with van der Waals surface area (Å²) in [5.41, 5.74) is 1.97. The number of nitro benzene ring substituents is 1. The van der Waals surface area contributed by atoms with Gasteiger partial charge in [-0.15, -0.1) is 0 Å². The summed E-state index contributed by atoms with van der Waals surface area (Å²) in [5, 5.41) is 11.1. The van der Waals surface area contributed by atoms with E-state index in [4.69, 9.17) is 9.15 Å². The minimum atomic E-state index is -0.491. The molecule has 2 atom stereocenters. The summed E-state index contributed by atoms with van der Waals surface area (Å²) in [6.45, 7) is 4.65. The highest BCUT2D eigenvalue weighted by molar-refractivity contribution is 5.75. The van der Waals surface area contributed by atoms with E-state index in [0.717, 1.165) is 6.54 Å². The lowest BCUT2D eigenvalue weighted by Gasteiger charge is -2.40. The number of ether oxygens (including phenoxy) is 1. The molecule has 8 heteroatoms. The number of hydrogen-bond donors (Lipinski definition) is 0. The van der Waals surface area contributed by atoms with Crippen LogP contribution in [0.2, 0.25) is 0 Å². The molecular weight excluding hydrogens is 374 g/mol. The van der Waals surface area contributed by atoms with E-state index in [1.807, 2.05) is 18.2 Å². The van der Waals surface area contributed by atoms with Crippen molar-refractivity contribution in [3.63, 3.8) is 0 Å². The monoisotopic (exact) mass is 397 g/mol. The minimum Gasteiger partial charge on any atom is -0.408 e. The summed E-state index contributed by atoms with van der Waals surface area (Å²) in [6.07, 6.45) is 0.713. The number of morpholine rings is 1. The van der Waals surface area contributed by atoms with Crippen molar-refractivity contribution in [3.8, 4) is 0 Å². The van der Waals surface area contributed by atoms with Gasteiger partial charge >= 0.3 is 5.76 Å². The van der Waals surface area contributed by atoms with E-state index in [2.05, 4.69) is 24.0 Å². The highest BCUT2D eigenvalue weighted by Gasteiger charge is 2.29. The Morgan fingerprint density at radius 2 is 1.93 bits per heavy atom. The molecule has 0 bridgehead atoms. The Balaban J connectivity index is 1.51. The summed E-state index contributed by atoms with van der Waals surface area (Å²) in [6, 6.07) is 14.9. The van der Waals surface area contributed by atoms with Crippen molar-refractivity contribution >= 4 is 16.8 Å². The SMILES string of the molecule is C[C@@H]1COC[C@@H](c2ccccc2)N1CCCn1c(=O)oc2ccc([N+](=O)[O-])cc21. The van der Waals surface area contributed by atoms with Gasteiger partial charge in [0.15, 0.2) is 5.58 Å². The van der Waals surface area contributed by atoms with Crippen LogP contribution in [0.1, 0.15) is 24.9 Å². The molecule has 1 fully saturated rings. The molecule has 29 heavy (non-hydrogen) atoms. The maximum absolute atomic E-state index is 12.2. The Bertz CT molecular complexity index is 1060. The van der Waals surface area contributed by atoms with Gasteiger partial charge in [-0.25, -0.2) is 4.79 Å². The first-order valence-electron chi connectivity index (χ1n) is 9.71. The third kappa shape index (κ3) is 3.94. The normalized spacial score (nSPS) is 20.2. The molecule has 152 valence electrons. The van der Waals surface area contributed by atoms with Gasteiger partial charge < -0.3 is 9.15 Å². The zero-order chi connectivity index (χ0) is 20.4. The summed E-state index contributed by atoms with van der Waals surface area (Å²) < 4.78 is 12.5. The lowest BCUT2D eigenvalue weighted by atomic mass is 10.0. The van der Waals surface area contributed by atoms with E-state index in [9.17, 15) is 14.9 Å². The molecule has 2 heterocycles. The Morgan fingerprint density at radius 1 is 1.14 bits per heavy atom. The molecule has 0 saturated carbocycles. The van der Waals surface area contributed by atoms with Crippen LogP contribution in [-0.4, -0.2) is 40.2 Å². The van der Waals surface area contributed by atoms with Crippen LogP contribution in [0.25, 0.3) is 11.1 Å². The predicted molar refractivity (Wildman–Crippen MR) is 108 cm³/mol. The van der Waals surface area contributed by atoms with E-state index < -0.39 is 10.7 Å². The highest BCUT2D eigenvalue weighted by Crippen LogP contribution is 2.27. The number of oxazole rings is 1. The Morgan fingerprint density at radius 3 is 2.69 bits per heavy atom. The molecule has 0 amide bonds. The van der Waals surface area contributed by atoms with Crippen molar-refractivity contribution in [3.05, 3.63) is 74.8 Å². The van der Waals surface area contributed by atoms with Crippen molar-refractivity contribution in [1.82, 2.24) is 9.47 Å². The quantitative estimate of drug-likeness (QED) is 0.468. The van der Waals surface area contributed by atoms with Crippen LogP contribution in [0.5, 0.6) is 0 Å². The summed E-state index contributed by atoms with van der Waals surface area (Å²) in [7, 11) is 0. The number of fused-ring (bicyclic) bond motifs is 1. The van der Waals surface area contributed by atoms with Crippen molar-refractivity contribution in [1.29, 1.82) is 0 Å². The molecule has 3 aromatic rings. The molecule has 0 unspecified atom stereocenters. The van der Waals surface area contributed by atoms with Crippen LogP contribution in [0.15, 0.2) is 57.7 Å². The molecule has 0 radical (unpaired) electrons. The number of aromatic nitrogens is 1. The van der Waals surface area contributed by atoms with Crippen LogP contribution in [0.3, 0.4) is 0 Å². The maximum atomic E-state index is 12.2. The second-order valence-corrected chi connectivity index (χ2v) is 7.33. The van der Waals surface area contributed by atoms with Gasteiger partial charge in [-0.05, 0) is 25.0 Å². The highest BCUT2D eigenvalue weighted by atomic mass is 16.6.